The molecule has 19 heavy (non-hydrogen) atoms. The van der Waals surface area contributed by atoms with Crippen molar-refractivity contribution in [2.45, 2.75) is 63.9 Å². The second-order valence-electron chi connectivity index (χ2n) is 6.62. The molecule has 0 spiro atoms. The second kappa shape index (κ2) is 4.57. The fourth-order valence-corrected chi connectivity index (χ4v) is 3.69. The van der Waals surface area contributed by atoms with Gasteiger partial charge in [-0.05, 0) is 58.1 Å². The van der Waals surface area contributed by atoms with Crippen LogP contribution in [0.15, 0.2) is 24.4 Å². The molecule has 1 saturated heterocycles. The fourth-order valence-electron chi connectivity index (χ4n) is 3.69. The molecule has 0 N–H and O–H groups in total. The van der Waals surface area contributed by atoms with E-state index in [4.69, 9.17) is 9.47 Å². The lowest BCUT2D eigenvalue weighted by Crippen LogP contribution is -2.43. The second-order valence-corrected chi connectivity index (χ2v) is 6.62. The van der Waals surface area contributed by atoms with Crippen LogP contribution in [0.25, 0.3) is 0 Å². The number of hydrogen-bond donors (Lipinski definition) is 0. The maximum absolute atomic E-state index is 6.32. The number of pyridine rings is 1. The first-order valence-electron chi connectivity index (χ1n) is 7.21. The van der Waals surface area contributed by atoms with Gasteiger partial charge in [-0.25, -0.2) is 0 Å². The first kappa shape index (κ1) is 13.1. The minimum atomic E-state index is -0.124. The lowest BCUT2D eigenvalue weighted by molar-refractivity contribution is -0.153. The first-order chi connectivity index (χ1) is 9.00. The predicted octanol–water partition coefficient (Wildman–Crippen LogP) is 3.33. The Morgan fingerprint density at radius 3 is 2.89 bits per heavy atom. The molecule has 104 valence electrons. The van der Waals surface area contributed by atoms with E-state index in [0.717, 1.165) is 18.5 Å². The van der Waals surface area contributed by atoms with Gasteiger partial charge >= 0.3 is 0 Å². The van der Waals surface area contributed by atoms with Crippen LogP contribution in [0.3, 0.4) is 0 Å². The van der Waals surface area contributed by atoms with E-state index in [1.165, 1.54) is 6.42 Å². The fraction of sp³-hybridized carbons (Fsp3) is 0.688. The molecule has 0 aromatic carbocycles. The topological polar surface area (TPSA) is 31.4 Å². The summed E-state index contributed by atoms with van der Waals surface area (Å²) in [7, 11) is 0. The summed E-state index contributed by atoms with van der Waals surface area (Å²) in [4.78, 5) is 4.31. The minimum absolute atomic E-state index is 0.00213. The van der Waals surface area contributed by atoms with Crippen LogP contribution < -0.4 is 0 Å². The summed E-state index contributed by atoms with van der Waals surface area (Å²) in [6, 6.07) is 5.94. The van der Waals surface area contributed by atoms with E-state index in [1.54, 1.807) is 0 Å². The molecule has 2 aliphatic rings. The van der Waals surface area contributed by atoms with Gasteiger partial charge in [0, 0.05) is 6.20 Å². The minimum Gasteiger partial charge on any atom is -0.369 e. The van der Waals surface area contributed by atoms with Gasteiger partial charge in [0.25, 0.3) is 0 Å². The highest BCUT2D eigenvalue weighted by Crippen LogP contribution is 2.51. The molecule has 1 aromatic rings. The molecule has 2 bridgehead atoms. The summed E-state index contributed by atoms with van der Waals surface area (Å²) in [6.07, 6.45) is 5.42. The molecular weight excluding hydrogens is 238 g/mol. The molecule has 3 rings (SSSR count). The Kier molecular flexibility index (Phi) is 3.14. The molecule has 1 aromatic heterocycles. The third kappa shape index (κ3) is 2.41. The number of rotatable bonds is 3. The highest BCUT2D eigenvalue weighted by atomic mass is 16.6. The zero-order valence-corrected chi connectivity index (χ0v) is 12.1. The van der Waals surface area contributed by atoms with Gasteiger partial charge in [0.15, 0.2) is 0 Å². The summed E-state index contributed by atoms with van der Waals surface area (Å²) in [5, 5.41) is 0. The zero-order chi connectivity index (χ0) is 13.5. The van der Waals surface area contributed by atoms with Crippen molar-refractivity contribution < 1.29 is 9.47 Å². The molecule has 2 heterocycles. The Morgan fingerprint density at radius 1 is 1.32 bits per heavy atom. The van der Waals surface area contributed by atoms with Crippen LogP contribution in [0.4, 0.5) is 0 Å². The lowest BCUT2D eigenvalue weighted by atomic mass is 9.75. The van der Waals surface area contributed by atoms with Crippen molar-refractivity contribution in [1.29, 1.82) is 0 Å². The van der Waals surface area contributed by atoms with Gasteiger partial charge in [0.2, 0.25) is 0 Å². The van der Waals surface area contributed by atoms with Crippen molar-refractivity contribution in [2.75, 3.05) is 0 Å². The monoisotopic (exact) mass is 261 g/mol. The molecular formula is C16H23NO2. The molecule has 3 atom stereocenters. The van der Waals surface area contributed by atoms with E-state index >= 15 is 0 Å². The van der Waals surface area contributed by atoms with Crippen LogP contribution >= 0.6 is 0 Å². The van der Waals surface area contributed by atoms with E-state index in [0.29, 0.717) is 12.5 Å². The van der Waals surface area contributed by atoms with E-state index < -0.39 is 0 Å². The van der Waals surface area contributed by atoms with Gasteiger partial charge < -0.3 is 9.47 Å². The highest BCUT2D eigenvalue weighted by Gasteiger charge is 2.55. The number of hydrogen-bond acceptors (Lipinski definition) is 3. The SMILES string of the molecule is CC1(C)OC2(C)CC1CCC2OCc1ccccn1. The third-order valence-corrected chi connectivity index (χ3v) is 4.75. The van der Waals surface area contributed by atoms with Gasteiger partial charge in [-0.1, -0.05) is 6.07 Å². The molecule has 1 aliphatic carbocycles. The Morgan fingerprint density at radius 2 is 2.16 bits per heavy atom. The summed E-state index contributed by atoms with van der Waals surface area (Å²) >= 11 is 0. The number of fused-ring (bicyclic) bond motifs is 2. The maximum atomic E-state index is 6.32. The molecule has 1 aliphatic heterocycles. The number of nitrogens with zero attached hydrogens (tertiary/aromatic N) is 1. The standard InChI is InChI=1S/C16H23NO2/c1-15(2)12-7-8-14(16(3,10-12)19-15)18-11-13-6-4-5-9-17-13/h4-6,9,12,14H,7-8,10-11H2,1-3H3. The van der Waals surface area contributed by atoms with Crippen LogP contribution in [0, 0.1) is 5.92 Å². The Balaban J connectivity index is 1.66. The Bertz CT molecular complexity index is 445. The third-order valence-electron chi connectivity index (χ3n) is 4.75. The molecule has 3 unspecified atom stereocenters. The van der Waals surface area contributed by atoms with Crippen LogP contribution in [0.2, 0.25) is 0 Å². The summed E-state index contributed by atoms with van der Waals surface area (Å²) in [5.41, 5.74) is 0.865. The van der Waals surface area contributed by atoms with Crippen molar-refractivity contribution in [1.82, 2.24) is 4.98 Å². The summed E-state index contributed by atoms with van der Waals surface area (Å²) < 4.78 is 12.4. The quantitative estimate of drug-likeness (QED) is 0.836. The average molecular weight is 261 g/mol. The Labute approximate surface area is 115 Å². The Hall–Kier alpha value is -0.930. The zero-order valence-electron chi connectivity index (χ0n) is 12.1. The smallest absolute Gasteiger partial charge is 0.0926 e. The van der Waals surface area contributed by atoms with Crippen molar-refractivity contribution in [3.05, 3.63) is 30.1 Å². The van der Waals surface area contributed by atoms with E-state index in [1.807, 2.05) is 24.4 Å². The summed E-state index contributed by atoms with van der Waals surface area (Å²) in [6.45, 7) is 7.21. The van der Waals surface area contributed by atoms with Gasteiger partial charge in [-0.3, -0.25) is 4.98 Å². The highest BCUT2D eigenvalue weighted by molar-refractivity contribution is 5.06. The van der Waals surface area contributed by atoms with E-state index in [-0.39, 0.29) is 17.3 Å². The molecule has 1 saturated carbocycles. The van der Waals surface area contributed by atoms with E-state index in [9.17, 15) is 0 Å². The van der Waals surface area contributed by atoms with Crippen molar-refractivity contribution in [2.24, 2.45) is 5.92 Å². The van der Waals surface area contributed by atoms with Crippen molar-refractivity contribution in [3.63, 3.8) is 0 Å². The van der Waals surface area contributed by atoms with Crippen molar-refractivity contribution in [3.8, 4) is 0 Å². The molecule has 0 amide bonds. The molecule has 3 heteroatoms. The number of aromatic nitrogens is 1. The van der Waals surface area contributed by atoms with Crippen LogP contribution in [0.5, 0.6) is 0 Å². The van der Waals surface area contributed by atoms with Gasteiger partial charge in [0.1, 0.15) is 0 Å². The maximum Gasteiger partial charge on any atom is 0.0926 e. The number of ether oxygens (including phenoxy) is 2. The average Bonchev–Trinajstić information content (AvgIpc) is 2.56. The largest absolute Gasteiger partial charge is 0.369 e. The van der Waals surface area contributed by atoms with Crippen LogP contribution in [-0.2, 0) is 16.1 Å². The van der Waals surface area contributed by atoms with Crippen LogP contribution in [-0.4, -0.2) is 22.3 Å². The van der Waals surface area contributed by atoms with Gasteiger partial charge in [-0.2, -0.15) is 0 Å². The summed E-state index contributed by atoms with van der Waals surface area (Å²) in [5.74, 6) is 0.673. The molecule has 3 nitrogen and oxygen atoms in total. The molecule has 2 fully saturated rings. The first-order valence-corrected chi connectivity index (χ1v) is 7.21. The van der Waals surface area contributed by atoms with E-state index in [2.05, 4.69) is 25.8 Å². The molecule has 0 radical (unpaired) electrons. The van der Waals surface area contributed by atoms with Gasteiger partial charge in [0.05, 0.1) is 29.6 Å². The lowest BCUT2D eigenvalue weighted by Gasteiger charge is -2.36. The predicted molar refractivity (Wildman–Crippen MR) is 73.7 cm³/mol. The van der Waals surface area contributed by atoms with Crippen molar-refractivity contribution >= 4 is 0 Å². The van der Waals surface area contributed by atoms with Gasteiger partial charge in [-0.15, -0.1) is 0 Å². The normalized spacial score (nSPS) is 36.4. The van der Waals surface area contributed by atoms with Crippen LogP contribution in [0.1, 0.15) is 45.7 Å².